The molecule has 0 radical (unpaired) electrons. The Morgan fingerprint density at radius 2 is 2.29 bits per heavy atom. The van der Waals surface area contributed by atoms with Gasteiger partial charge in [0.25, 0.3) is 11.5 Å². The van der Waals surface area contributed by atoms with E-state index in [2.05, 4.69) is 17.0 Å². The van der Waals surface area contributed by atoms with E-state index >= 15 is 0 Å². The van der Waals surface area contributed by atoms with E-state index in [0.29, 0.717) is 4.96 Å². The summed E-state index contributed by atoms with van der Waals surface area (Å²) in [6.45, 7) is 9.63. The third-order valence-electron chi connectivity index (χ3n) is 2.82. The summed E-state index contributed by atoms with van der Waals surface area (Å²) in [4.78, 5) is 34.1. The van der Waals surface area contributed by atoms with Gasteiger partial charge in [-0.05, 0) is 0 Å². The highest BCUT2D eigenvalue weighted by Crippen LogP contribution is 2.25. The van der Waals surface area contributed by atoms with Crippen molar-refractivity contribution in [2.75, 3.05) is 6.61 Å². The molecule has 2 heterocycles. The van der Waals surface area contributed by atoms with Crippen molar-refractivity contribution >= 4 is 22.2 Å². The van der Waals surface area contributed by atoms with Gasteiger partial charge in [0.05, 0.1) is 6.61 Å². The molecule has 1 amide bonds. The summed E-state index contributed by atoms with van der Waals surface area (Å²) < 4.78 is 1.48. The van der Waals surface area contributed by atoms with Crippen molar-refractivity contribution in [2.45, 2.75) is 26.2 Å². The van der Waals surface area contributed by atoms with Crippen LogP contribution in [0.3, 0.4) is 0 Å². The molecule has 2 rings (SSSR count). The molecule has 0 aromatic carbocycles. The maximum atomic E-state index is 12.5. The Hall–Kier alpha value is -1.99. The number of fused-ring (bicyclic) bond motifs is 1. The number of carbonyl (C=O) groups excluding carboxylic acids is 1. The van der Waals surface area contributed by atoms with Gasteiger partial charge in [-0.25, -0.2) is 10.5 Å². The fourth-order valence-electron chi connectivity index (χ4n) is 1.79. The largest absolute Gasteiger partial charge is 0.282 e. The molecule has 7 heteroatoms. The first-order chi connectivity index (χ1) is 9.86. The third kappa shape index (κ3) is 3.03. The molecule has 0 atom stereocenters. The molecule has 2 aromatic rings. The van der Waals surface area contributed by atoms with Crippen LogP contribution in [0.25, 0.3) is 4.96 Å². The van der Waals surface area contributed by atoms with E-state index in [9.17, 15) is 9.59 Å². The van der Waals surface area contributed by atoms with E-state index < -0.39 is 11.5 Å². The summed E-state index contributed by atoms with van der Waals surface area (Å²) in [7, 11) is 0. The number of carbonyl (C=O) groups is 1. The molecule has 0 aliphatic rings. The van der Waals surface area contributed by atoms with Crippen molar-refractivity contribution in [3.8, 4) is 0 Å². The number of aromatic nitrogens is 2. The van der Waals surface area contributed by atoms with Gasteiger partial charge in [-0.15, -0.1) is 17.9 Å². The molecule has 0 saturated heterocycles. The van der Waals surface area contributed by atoms with E-state index in [-0.39, 0.29) is 17.6 Å². The van der Waals surface area contributed by atoms with Crippen LogP contribution >= 0.6 is 11.3 Å². The fraction of sp³-hybridized carbons (Fsp3) is 0.357. The maximum absolute atomic E-state index is 12.5. The van der Waals surface area contributed by atoms with Crippen molar-refractivity contribution in [1.82, 2.24) is 14.9 Å². The molecule has 112 valence electrons. The number of thiazole rings is 1. The molecule has 0 spiro atoms. The Morgan fingerprint density at radius 1 is 1.57 bits per heavy atom. The third-order valence-corrected chi connectivity index (χ3v) is 3.66. The SMILES string of the molecule is C=CCONC(=O)c1cnc2scc(C(C)(C)C)n2c1=O. The second-order valence-electron chi connectivity index (χ2n) is 5.50. The maximum Gasteiger partial charge on any atom is 0.282 e. The van der Waals surface area contributed by atoms with Gasteiger partial charge >= 0.3 is 0 Å². The van der Waals surface area contributed by atoms with Gasteiger partial charge in [0.2, 0.25) is 0 Å². The number of hydrogen-bond acceptors (Lipinski definition) is 5. The molecule has 2 aromatic heterocycles. The van der Waals surface area contributed by atoms with Gasteiger partial charge in [-0.3, -0.25) is 18.8 Å². The number of amides is 1. The average Bonchev–Trinajstić information content (AvgIpc) is 2.84. The zero-order valence-corrected chi connectivity index (χ0v) is 13.0. The highest BCUT2D eigenvalue weighted by atomic mass is 32.1. The normalized spacial score (nSPS) is 11.6. The van der Waals surface area contributed by atoms with Crippen molar-refractivity contribution in [2.24, 2.45) is 0 Å². The minimum absolute atomic E-state index is 0.0551. The van der Waals surface area contributed by atoms with E-state index in [1.165, 1.54) is 28.0 Å². The lowest BCUT2D eigenvalue weighted by atomic mass is 9.93. The van der Waals surface area contributed by atoms with Crippen molar-refractivity contribution in [3.63, 3.8) is 0 Å². The molecular formula is C14H17N3O3S. The lowest BCUT2D eigenvalue weighted by Crippen LogP contribution is -2.33. The van der Waals surface area contributed by atoms with Crippen LogP contribution in [0.1, 0.15) is 36.8 Å². The molecular weight excluding hydrogens is 290 g/mol. The Labute approximate surface area is 126 Å². The predicted molar refractivity (Wildman–Crippen MR) is 81.7 cm³/mol. The average molecular weight is 307 g/mol. The van der Waals surface area contributed by atoms with Gasteiger partial charge < -0.3 is 0 Å². The summed E-state index contributed by atoms with van der Waals surface area (Å²) in [5, 5.41) is 1.89. The molecule has 6 nitrogen and oxygen atoms in total. The van der Waals surface area contributed by atoms with Gasteiger partial charge in [-0.2, -0.15) is 0 Å². The minimum Gasteiger partial charge on any atom is -0.269 e. The highest BCUT2D eigenvalue weighted by molar-refractivity contribution is 7.15. The second-order valence-corrected chi connectivity index (χ2v) is 6.33. The van der Waals surface area contributed by atoms with Gasteiger partial charge in [0.1, 0.15) is 5.56 Å². The van der Waals surface area contributed by atoms with Crippen molar-refractivity contribution in [1.29, 1.82) is 0 Å². The first kappa shape index (κ1) is 15.4. The fourth-order valence-corrected chi connectivity index (χ4v) is 2.86. The quantitative estimate of drug-likeness (QED) is 0.532. The smallest absolute Gasteiger partial charge is 0.269 e. The van der Waals surface area contributed by atoms with Gasteiger partial charge in [0, 0.05) is 22.7 Å². The summed E-state index contributed by atoms with van der Waals surface area (Å²) in [5.74, 6) is -0.616. The monoisotopic (exact) mass is 307 g/mol. The number of rotatable bonds is 4. The van der Waals surface area contributed by atoms with Crippen LogP contribution in [-0.4, -0.2) is 21.9 Å². The first-order valence-corrected chi connectivity index (χ1v) is 7.27. The zero-order chi connectivity index (χ0) is 15.6. The van der Waals surface area contributed by atoms with Crippen LogP contribution < -0.4 is 11.0 Å². The van der Waals surface area contributed by atoms with Gasteiger partial charge in [0.15, 0.2) is 4.96 Å². The van der Waals surface area contributed by atoms with E-state index in [4.69, 9.17) is 4.84 Å². The van der Waals surface area contributed by atoms with Crippen LogP contribution in [-0.2, 0) is 10.3 Å². The second kappa shape index (κ2) is 5.79. The Balaban J connectivity index is 2.48. The van der Waals surface area contributed by atoms with E-state index in [1.54, 1.807) is 0 Å². The number of hydroxylamine groups is 1. The molecule has 0 aliphatic carbocycles. The molecule has 0 fully saturated rings. The number of nitrogens with zero attached hydrogens (tertiary/aromatic N) is 2. The van der Waals surface area contributed by atoms with Crippen LogP contribution in [0.5, 0.6) is 0 Å². The molecule has 21 heavy (non-hydrogen) atoms. The molecule has 0 aliphatic heterocycles. The van der Waals surface area contributed by atoms with Gasteiger partial charge in [-0.1, -0.05) is 26.8 Å². The van der Waals surface area contributed by atoms with Crippen LogP contribution in [0.2, 0.25) is 0 Å². The zero-order valence-electron chi connectivity index (χ0n) is 12.2. The summed E-state index contributed by atoms with van der Waals surface area (Å²) in [6.07, 6.45) is 2.76. The standard InChI is InChI=1S/C14H17N3O3S/c1-5-6-20-16-11(18)9-7-15-13-17(12(9)19)10(8-21-13)14(2,3)4/h5,7-8H,1,6H2,2-4H3,(H,16,18). The number of nitrogens with one attached hydrogen (secondary N) is 1. The van der Waals surface area contributed by atoms with Crippen molar-refractivity contribution < 1.29 is 9.63 Å². The van der Waals surface area contributed by atoms with E-state index in [0.717, 1.165) is 5.69 Å². The molecule has 1 N–H and O–H groups in total. The highest BCUT2D eigenvalue weighted by Gasteiger charge is 2.22. The Kier molecular flexibility index (Phi) is 4.24. The van der Waals surface area contributed by atoms with Crippen LogP contribution in [0.15, 0.2) is 29.0 Å². The topological polar surface area (TPSA) is 72.7 Å². The van der Waals surface area contributed by atoms with Crippen LogP contribution in [0, 0.1) is 0 Å². The summed E-state index contributed by atoms with van der Waals surface area (Å²) in [5.41, 5.74) is 2.34. The predicted octanol–water partition coefficient (Wildman–Crippen LogP) is 1.90. The first-order valence-electron chi connectivity index (χ1n) is 6.39. The molecule has 0 saturated carbocycles. The molecule has 0 unspecified atom stereocenters. The molecule has 0 bridgehead atoms. The lowest BCUT2D eigenvalue weighted by molar-refractivity contribution is 0.0419. The van der Waals surface area contributed by atoms with Crippen molar-refractivity contribution in [3.05, 3.63) is 45.8 Å². The number of hydrogen-bond donors (Lipinski definition) is 1. The Morgan fingerprint density at radius 3 is 2.90 bits per heavy atom. The Bertz CT molecular complexity index is 740. The lowest BCUT2D eigenvalue weighted by Gasteiger charge is -2.17. The minimum atomic E-state index is -0.616. The summed E-state index contributed by atoms with van der Waals surface area (Å²) in [6, 6.07) is 0. The summed E-state index contributed by atoms with van der Waals surface area (Å²) >= 11 is 1.37. The van der Waals surface area contributed by atoms with E-state index in [1.807, 2.05) is 26.2 Å². The van der Waals surface area contributed by atoms with Crippen LogP contribution in [0.4, 0.5) is 0 Å².